The molecule has 0 saturated heterocycles. The Kier molecular flexibility index (Phi) is 3.76. The van der Waals surface area contributed by atoms with Gasteiger partial charge in [0.1, 0.15) is 22.8 Å². The van der Waals surface area contributed by atoms with Crippen molar-refractivity contribution in [3.63, 3.8) is 0 Å². The number of hydrogen-bond acceptors (Lipinski definition) is 4. The number of carboxylic acid groups (broad SMARTS) is 1. The highest BCUT2D eigenvalue weighted by molar-refractivity contribution is 6.00. The van der Waals surface area contributed by atoms with E-state index in [4.69, 9.17) is 0 Å². The van der Waals surface area contributed by atoms with Crippen molar-refractivity contribution in [2.45, 2.75) is 19.8 Å². The van der Waals surface area contributed by atoms with Crippen LogP contribution in [-0.2, 0) is 0 Å². The first-order chi connectivity index (χ1) is 9.82. The maximum absolute atomic E-state index is 11.5. The largest absolute Gasteiger partial charge is 0.508 e. The molecule has 0 unspecified atom stereocenters. The monoisotopic (exact) mass is 288 g/mol. The fourth-order valence-corrected chi connectivity index (χ4v) is 2.32. The van der Waals surface area contributed by atoms with Crippen molar-refractivity contribution in [1.29, 1.82) is 0 Å². The number of phenolic OH excluding ortho intramolecular Hbond substituents is 2. The van der Waals surface area contributed by atoms with Gasteiger partial charge in [-0.15, -0.1) is 0 Å². The second-order valence-electron chi connectivity index (χ2n) is 5.09. The molecule has 0 aliphatic rings. The van der Waals surface area contributed by atoms with Crippen molar-refractivity contribution in [3.8, 4) is 28.4 Å². The molecule has 0 heterocycles. The molecule has 0 aromatic heterocycles. The lowest BCUT2D eigenvalue weighted by Crippen LogP contribution is -2.04. The molecule has 0 aliphatic carbocycles. The first-order valence-corrected chi connectivity index (χ1v) is 6.44. The van der Waals surface area contributed by atoms with E-state index in [1.165, 1.54) is 30.3 Å². The fourth-order valence-electron chi connectivity index (χ4n) is 2.32. The number of aromatic carboxylic acids is 1. The third-order valence-corrected chi connectivity index (χ3v) is 3.29. The van der Waals surface area contributed by atoms with Crippen molar-refractivity contribution in [2.75, 3.05) is 0 Å². The zero-order valence-corrected chi connectivity index (χ0v) is 11.7. The molecule has 2 rings (SSSR count). The van der Waals surface area contributed by atoms with Crippen LogP contribution in [0.25, 0.3) is 11.1 Å². The summed E-state index contributed by atoms with van der Waals surface area (Å²) in [5, 5.41) is 38.9. The second kappa shape index (κ2) is 5.36. The molecule has 0 fully saturated rings. The van der Waals surface area contributed by atoms with Gasteiger partial charge in [0.25, 0.3) is 0 Å². The van der Waals surface area contributed by atoms with Crippen molar-refractivity contribution in [1.82, 2.24) is 0 Å². The van der Waals surface area contributed by atoms with Gasteiger partial charge in [0.05, 0.1) is 0 Å². The number of aromatic hydroxyl groups is 3. The third-order valence-electron chi connectivity index (χ3n) is 3.29. The molecule has 5 heteroatoms. The van der Waals surface area contributed by atoms with Crippen LogP contribution in [0.15, 0.2) is 30.3 Å². The van der Waals surface area contributed by atoms with Gasteiger partial charge < -0.3 is 20.4 Å². The van der Waals surface area contributed by atoms with Gasteiger partial charge in [-0.2, -0.15) is 0 Å². The minimum Gasteiger partial charge on any atom is -0.508 e. The summed E-state index contributed by atoms with van der Waals surface area (Å²) in [5.74, 6) is -2.05. The Balaban J connectivity index is 2.77. The Hall–Kier alpha value is -2.69. The second-order valence-corrected chi connectivity index (χ2v) is 5.09. The molecular weight excluding hydrogens is 272 g/mol. The molecule has 21 heavy (non-hydrogen) atoms. The van der Waals surface area contributed by atoms with Gasteiger partial charge in [0.2, 0.25) is 0 Å². The summed E-state index contributed by atoms with van der Waals surface area (Å²) in [4.78, 5) is 11.5. The molecule has 0 bridgehead atoms. The van der Waals surface area contributed by atoms with Crippen LogP contribution in [0.4, 0.5) is 0 Å². The summed E-state index contributed by atoms with van der Waals surface area (Å²) < 4.78 is 0. The molecule has 110 valence electrons. The van der Waals surface area contributed by atoms with Crippen LogP contribution in [0.5, 0.6) is 17.2 Å². The lowest BCUT2D eigenvalue weighted by atomic mass is 9.91. The van der Waals surface area contributed by atoms with Crippen LogP contribution in [0.3, 0.4) is 0 Å². The number of carbonyl (C=O) groups is 1. The van der Waals surface area contributed by atoms with E-state index in [2.05, 4.69) is 0 Å². The first kappa shape index (κ1) is 14.7. The van der Waals surface area contributed by atoms with E-state index >= 15 is 0 Å². The first-order valence-electron chi connectivity index (χ1n) is 6.44. The fraction of sp³-hybridized carbons (Fsp3) is 0.188. The van der Waals surface area contributed by atoms with E-state index in [1.807, 2.05) is 0 Å². The van der Waals surface area contributed by atoms with Gasteiger partial charge in [0, 0.05) is 11.1 Å². The summed E-state index contributed by atoms with van der Waals surface area (Å²) in [6, 6.07) is 7.18. The Bertz CT molecular complexity index is 687. The van der Waals surface area contributed by atoms with Crippen LogP contribution in [0, 0.1) is 0 Å². The summed E-state index contributed by atoms with van der Waals surface area (Å²) in [6.07, 6.45) is 0. The molecule has 0 spiro atoms. The SMILES string of the molecule is CC(C)c1c(O)cc(-c2ccc(O)cc2)c(C(=O)O)c1O. The van der Waals surface area contributed by atoms with Crippen molar-refractivity contribution in [2.24, 2.45) is 0 Å². The number of hydrogen-bond donors (Lipinski definition) is 4. The van der Waals surface area contributed by atoms with Crippen molar-refractivity contribution < 1.29 is 25.2 Å². The Morgan fingerprint density at radius 1 is 1.05 bits per heavy atom. The zero-order valence-electron chi connectivity index (χ0n) is 11.7. The number of rotatable bonds is 3. The molecular formula is C16H16O5. The van der Waals surface area contributed by atoms with Gasteiger partial charge >= 0.3 is 5.97 Å². The number of benzene rings is 2. The Morgan fingerprint density at radius 3 is 2.10 bits per heavy atom. The number of phenols is 3. The molecule has 0 atom stereocenters. The van der Waals surface area contributed by atoms with E-state index < -0.39 is 11.7 Å². The van der Waals surface area contributed by atoms with Crippen LogP contribution in [0.1, 0.15) is 35.7 Å². The van der Waals surface area contributed by atoms with E-state index in [-0.39, 0.29) is 34.1 Å². The van der Waals surface area contributed by atoms with Gasteiger partial charge in [-0.25, -0.2) is 4.79 Å². The highest BCUT2D eigenvalue weighted by Gasteiger charge is 2.24. The maximum atomic E-state index is 11.5. The topological polar surface area (TPSA) is 98.0 Å². The standard InChI is InChI=1S/C16H16O5/c1-8(2)13-12(18)7-11(14(15(13)19)16(20)21)9-3-5-10(17)6-4-9/h3-8,17-19H,1-2H3,(H,20,21). The molecule has 0 saturated carbocycles. The average Bonchev–Trinajstić information content (AvgIpc) is 2.37. The maximum Gasteiger partial charge on any atom is 0.340 e. The lowest BCUT2D eigenvalue weighted by molar-refractivity contribution is 0.0694. The van der Waals surface area contributed by atoms with Gasteiger partial charge in [-0.05, 0) is 29.7 Å². The van der Waals surface area contributed by atoms with Crippen LogP contribution in [-0.4, -0.2) is 26.4 Å². The van der Waals surface area contributed by atoms with Crippen molar-refractivity contribution >= 4 is 5.97 Å². The van der Waals surface area contributed by atoms with Gasteiger partial charge in [0.15, 0.2) is 0 Å². The van der Waals surface area contributed by atoms with Crippen molar-refractivity contribution in [3.05, 3.63) is 41.5 Å². The zero-order chi connectivity index (χ0) is 15.7. The lowest BCUT2D eigenvalue weighted by Gasteiger charge is -2.16. The minimum absolute atomic E-state index is 0.0443. The van der Waals surface area contributed by atoms with Crippen LogP contribution >= 0.6 is 0 Å². The van der Waals surface area contributed by atoms with Gasteiger partial charge in [-0.1, -0.05) is 26.0 Å². The summed E-state index contributed by atoms with van der Waals surface area (Å²) in [5.41, 5.74) is 0.616. The average molecular weight is 288 g/mol. The summed E-state index contributed by atoms with van der Waals surface area (Å²) >= 11 is 0. The number of carboxylic acids is 1. The van der Waals surface area contributed by atoms with E-state index in [0.29, 0.717) is 5.56 Å². The predicted molar refractivity (Wildman–Crippen MR) is 77.9 cm³/mol. The smallest absolute Gasteiger partial charge is 0.340 e. The quantitative estimate of drug-likeness (QED) is 0.694. The molecule has 2 aromatic rings. The molecule has 0 aliphatic heterocycles. The molecule has 0 amide bonds. The Morgan fingerprint density at radius 2 is 1.62 bits per heavy atom. The highest BCUT2D eigenvalue weighted by atomic mass is 16.4. The van der Waals surface area contributed by atoms with E-state index in [9.17, 15) is 25.2 Å². The van der Waals surface area contributed by atoms with Crippen LogP contribution < -0.4 is 0 Å². The predicted octanol–water partition coefficient (Wildman–Crippen LogP) is 3.29. The highest BCUT2D eigenvalue weighted by Crippen LogP contribution is 2.42. The molecule has 5 nitrogen and oxygen atoms in total. The van der Waals surface area contributed by atoms with E-state index in [0.717, 1.165) is 0 Å². The Labute approximate surface area is 121 Å². The summed E-state index contributed by atoms with van der Waals surface area (Å²) in [6.45, 7) is 3.50. The van der Waals surface area contributed by atoms with Gasteiger partial charge in [-0.3, -0.25) is 0 Å². The molecule has 0 radical (unpaired) electrons. The van der Waals surface area contributed by atoms with E-state index in [1.54, 1.807) is 13.8 Å². The molecule has 4 N–H and O–H groups in total. The molecule has 2 aromatic carbocycles. The minimum atomic E-state index is -1.28. The van der Waals surface area contributed by atoms with Crippen LogP contribution in [0.2, 0.25) is 0 Å². The third kappa shape index (κ3) is 2.63. The summed E-state index contributed by atoms with van der Waals surface area (Å²) in [7, 11) is 0. The normalized spacial score (nSPS) is 10.8.